The summed E-state index contributed by atoms with van der Waals surface area (Å²) in [5.41, 5.74) is 0.410. The van der Waals surface area contributed by atoms with Crippen molar-refractivity contribution in [2.24, 2.45) is 35.5 Å². The molecule has 202 valence electrons. The number of benzene rings is 1. The van der Waals surface area contributed by atoms with Crippen molar-refractivity contribution in [1.82, 2.24) is 0 Å². The van der Waals surface area contributed by atoms with E-state index in [-0.39, 0.29) is 11.7 Å². The summed E-state index contributed by atoms with van der Waals surface area (Å²) in [6.45, 7) is 4.51. The van der Waals surface area contributed by atoms with Crippen LogP contribution in [-0.2, 0) is 11.2 Å². The number of aryl methyl sites for hydroxylation is 1. The minimum Gasteiger partial charge on any atom is -0.423 e. The van der Waals surface area contributed by atoms with Gasteiger partial charge >= 0.3 is 5.97 Å². The van der Waals surface area contributed by atoms with Gasteiger partial charge < -0.3 is 4.74 Å². The Bertz CT molecular complexity index is 829. The van der Waals surface area contributed by atoms with Gasteiger partial charge in [-0.1, -0.05) is 64.9 Å². The Morgan fingerprint density at radius 2 is 1.31 bits per heavy atom. The largest absolute Gasteiger partial charge is 0.423 e. The minimum absolute atomic E-state index is 0.197. The van der Waals surface area contributed by atoms with Gasteiger partial charge in [0.1, 0.15) is 0 Å². The number of ether oxygens (including phenoxy) is 1. The Balaban J connectivity index is 1.22. The first-order valence-corrected chi connectivity index (χ1v) is 15.2. The number of carbonyl (C=O) groups excluding carboxylic acids is 1. The number of rotatable bonds is 9. The van der Waals surface area contributed by atoms with Gasteiger partial charge in [-0.2, -0.15) is 4.39 Å². The Morgan fingerprint density at radius 1 is 0.750 bits per heavy atom. The highest BCUT2D eigenvalue weighted by Gasteiger charge is 2.31. The lowest BCUT2D eigenvalue weighted by Crippen LogP contribution is -2.26. The normalized spacial score (nSPS) is 31.2. The average Bonchev–Trinajstić information content (AvgIpc) is 2.92. The van der Waals surface area contributed by atoms with Crippen LogP contribution in [-0.4, -0.2) is 5.97 Å². The third-order valence-electron chi connectivity index (χ3n) is 10.1. The highest BCUT2D eigenvalue weighted by molar-refractivity contribution is 5.75. The first-order valence-electron chi connectivity index (χ1n) is 15.2. The van der Waals surface area contributed by atoms with E-state index < -0.39 is 17.6 Å². The van der Waals surface area contributed by atoms with Crippen LogP contribution < -0.4 is 4.74 Å². The molecular weight excluding hydrogens is 454 g/mol. The Morgan fingerprint density at radius 3 is 1.89 bits per heavy atom. The van der Waals surface area contributed by atoms with E-state index in [9.17, 15) is 13.6 Å². The van der Waals surface area contributed by atoms with E-state index >= 15 is 0 Å². The van der Waals surface area contributed by atoms with E-state index in [1.165, 1.54) is 70.3 Å². The molecule has 3 saturated carbocycles. The van der Waals surface area contributed by atoms with Crippen LogP contribution >= 0.6 is 0 Å². The summed E-state index contributed by atoms with van der Waals surface area (Å²) in [4.78, 5) is 12.6. The molecule has 3 fully saturated rings. The molecule has 2 nitrogen and oxygen atoms in total. The lowest BCUT2D eigenvalue weighted by atomic mass is 9.68. The third-order valence-corrected chi connectivity index (χ3v) is 10.1. The summed E-state index contributed by atoms with van der Waals surface area (Å²) in [6, 6.07) is 3.08. The summed E-state index contributed by atoms with van der Waals surface area (Å²) >= 11 is 0. The second-order valence-electron chi connectivity index (χ2n) is 12.3. The fourth-order valence-corrected chi connectivity index (χ4v) is 7.51. The second-order valence-corrected chi connectivity index (χ2v) is 12.3. The van der Waals surface area contributed by atoms with Crippen molar-refractivity contribution >= 4 is 5.97 Å². The minimum atomic E-state index is -1.01. The average molecular weight is 503 g/mol. The molecule has 4 rings (SSSR count). The predicted octanol–water partition coefficient (Wildman–Crippen LogP) is 9.43. The van der Waals surface area contributed by atoms with Gasteiger partial charge in [-0.25, -0.2) is 4.39 Å². The molecule has 36 heavy (non-hydrogen) atoms. The van der Waals surface area contributed by atoms with Gasteiger partial charge in [0.05, 0.1) is 5.92 Å². The summed E-state index contributed by atoms with van der Waals surface area (Å²) in [7, 11) is 0. The van der Waals surface area contributed by atoms with Crippen LogP contribution in [0, 0.1) is 47.1 Å². The molecule has 0 aliphatic heterocycles. The topological polar surface area (TPSA) is 26.3 Å². The third kappa shape index (κ3) is 7.10. The molecular formula is C32H48F2O2. The first kappa shape index (κ1) is 27.6. The molecule has 0 amide bonds. The van der Waals surface area contributed by atoms with Crippen LogP contribution in [0.3, 0.4) is 0 Å². The molecule has 0 spiro atoms. The molecule has 1 aromatic carbocycles. The smallest absolute Gasteiger partial charge is 0.314 e. The van der Waals surface area contributed by atoms with Crippen LogP contribution in [0.1, 0.15) is 122 Å². The molecule has 3 aliphatic rings. The van der Waals surface area contributed by atoms with Crippen LogP contribution in [0.5, 0.6) is 5.75 Å². The van der Waals surface area contributed by atoms with Gasteiger partial charge in [0.15, 0.2) is 11.6 Å². The predicted molar refractivity (Wildman–Crippen MR) is 142 cm³/mol. The van der Waals surface area contributed by atoms with E-state index in [4.69, 9.17) is 4.74 Å². The number of hydrogen-bond acceptors (Lipinski definition) is 2. The van der Waals surface area contributed by atoms with Crippen molar-refractivity contribution in [2.45, 2.75) is 123 Å². The monoisotopic (exact) mass is 502 g/mol. The van der Waals surface area contributed by atoms with E-state index in [1.54, 1.807) is 6.07 Å². The standard InChI is InChI=1S/C32H48F2O2/c1-3-5-23-11-18-28(19-12-23)32(35)36-29-21-20-27(30(33)31(29)34)17-10-24-8-15-26(16-9-24)25-13-6-22(4-2)7-14-25/h20-26,28H,3-19H2,1-2H3. The highest BCUT2D eigenvalue weighted by atomic mass is 19.2. The van der Waals surface area contributed by atoms with Crippen molar-refractivity contribution < 1.29 is 18.3 Å². The summed E-state index contributed by atoms with van der Waals surface area (Å²) in [5, 5.41) is 0. The zero-order valence-electron chi connectivity index (χ0n) is 22.7. The first-order chi connectivity index (χ1) is 17.5. The zero-order chi connectivity index (χ0) is 25.5. The van der Waals surface area contributed by atoms with E-state index in [0.717, 1.165) is 56.3 Å². The number of esters is 1. The molecule has 3 aliphatic carbocycles. The number of carbonyl (C=O) groups is 1. The van der Waals surface area contributed by atoms with Crippen molar-refractivity contribution in [3.8, 4) is 5.75 Å². The summed E-state index contributed by atoms with van der Waals surface area (Å²) < 4.78 is 35.0. The maximum Gasteiger partial charge on any atom is 0.314 e. The molecule has 0 radical (unpaired) electrons. The Labute approximate surface area is 218 Å². The summed E-state index contributed by atoms with van der Waals surface area (Å²) in [6.07, 6.45) is 19.5. The molecule has 1 aromatic rings. The maximum atomic E-state index is 14.8. The van der Waals surface area contributed by atoms with Crippen molar-refractivity contribution in [3.05, 3.63) is 29.3 Å². The van der Waals surface area contributed by atoms with Gasteiger partial charge in [0.2, 0.25) is 5.82 Å². The Hall–Kier alpha value is -1.45. The van der Waals surface area contributed by atoms with Gasteiger partial charge in [-0.05, 0) is 105 Å². The van der Waals surface area contributed by atoms with Gasteiger partial charge in [-0.15, -0.1) is 0 Å². The van der Waals surface area contributed by atoms with Crippen molar-refractivity contribution in [2.75, 3.05) is 0 Å². The molecule has 0 N–H and O–H groups in total. The van der Waals surface area contributed by atoms with Gasteiger partial charge in [-0.3, -0.25) is 4.79 Å². The van der Waals surface area contributed by atoms with Crippen LogP contribution in [0.15, 0.2) is 12.1 Å². The van der Waals surface area contributed by atoms with Gasteiger partial charge in [0.25, 0.3) is 0 Å². The number of halogens is 2. The zero-order valence-corrected chi connectivity index (χ0v) is 22.7. The molecule has 0 heterocycles. The van der Waals surface area contributed by atoms with Crippen LogP contribution in [0.2, 0.25) is 0 Å². The van der Waals surface area contributed by atoms with E-state index in [0.29, 0.717) is 23.8 Å². The molecule has 4 heteroatoms. The SMILES string of the molecule is CCCC1CCC(C(=O)Oc2ccc(CCC3CCC(C4CCC(CC)CC4)CC3)c(F)c2F)CC1. The lowest BCUT2D eigenvalue weighted by molar-refractivity contribution is -0.140. The van der Waals surface area contributed by atoms with Crippen molar-refractivity contribution in [3.63, 3.8) is 0 Å². The summed E-state index contributed by atoms with van der Waals surface area (Å²) in [5.74, 6) is 1.34. The van der Waals surface area contributed by atoms with Gasteiger partial charge in [0, 0.05) is 0 Å². The van der Waals surface area contributed by atoms with E-state index in [1.807, 2.05) is 0 Å². The van der Waals surface area contributed by atoms with Crippen molar-refractivity contribution in [1.29, 1.82) is 0 Å². The van der Waals surface area contributed by atoms with Crippen LogP contribution in [0.4, 0.5) is 8.78 Å². The molecule has 0 unspecified atom stereocenters. The molecule has 0 atom stereocenters. The second kappa shape index (κ2) is 13.4. The van der Waals surface area contributed by atoms with E-state index in [2.05, 4.69) is 13.8 Å². The fourth-order valence-electron chi connectivity index (χ4n) is 7.51. The quantitative estimate of drug-likeness (QED) is 0.248. The molecule has 0 aromatic heterocycles. The van der Waals surface area contributed by atoms with Crippen LogP contribution in [0.25, 0.3) is 0 Å². The molecule has 0 bridgehead atoms. The highest BCUT2D eigenvalue weighted by Crippen LogP contribution is 2.43. The lowest BCUT2D eigenvalue weighted by Gasteiger charge is -2.37. The maximum absolute atomic E-state index is 14.8. The molecule has 0 saturated heterocycles. The fraction of sp³-hybridized carbons (Fsp3) is 0.781. The Kier molecular flexibility index (Phi) is 10.2. The number of hydrogen-bond donors (Lipinski definition) is 0.